The van der Waals surface area contributed by atoms with Crippen LogP contribution in [0.3, 0.4) is 0 Å². The van der Waals surface area contributed by atoms with Crippen LogP contribution in [-0.2, 0) is 9.53 Å². The van der Waals surface area contributed by atoms with Crippen LogP contribution < -0.4 is 10.1 Å². The Labute approximate surface area is 143 Å². The molecule has 0 saturated carbocycles. The van der Waals surface area contributed by atoms with Gasteiger partial charge in [0.2, 0.25) is 5.91 Å². The first-order chi connectivity index (χ1) is 11.1. The average molecular weight is 353 g/mol. The lowest BCUT2D eigenvalue weighted by Gasteiger charge is -2.13. The van der Waals surface area contributed by atoms with Gasteiger partial charge in [-0.25, -0.2) is 4.98 Å². The number of carbonyl (C=O) groups is 1. The molecule has 5 nitrogen and oxygen atoms in total. The van der Waals surface area contributed by atoms with Crippen molar-refractivity contribution in [1.29, 1.82) is 0 Å². The summed E-state index contributed by atoms with van der Waals surface area (Å²) in [5.41, 5.74) is 1.27. The molecule has 0 unspecified atom stereocenters. The second-order valence-electron chi connectivity index (χ2n) is 4.57. The van der Waals surface area contributed by atoms with Gasteiger partial charge in [0.15, 0.2) is 5.75 Å². The van der Waals surface area contributed by atoms with Crippen molar-refractivity contribution >= 4 is 40.6 Å². The molecule has 0 saturated heterocycles. The minimum atomic E-state index is -0.283. The molecule has 7 heteroatoms. The monoisotopic (exact) mass is 352 g/mol. The summed E-state index contributed by atoms with van der Waals surface area (Å²) in [5, 5.41) is 6.02. The number of aryl methyl sites for hydroxylation is 1. The zero-order valence-electron chi connectivity index (χ0n) is 12.8. The number of aromatic nitrogens is 1. The van der Waals surface area contributed by atoms with Crippen molar-refractivity contribution in [3.8, 4) is 5.75 Å². The third kappa shape index (κ3) is 5.35. The van der Waals surface area contributed by atoms with Crippen LogP contribution in [0, 0.1) is 6.92 Å². The highest BCUT2D eigenvalue weighted by Crippen LogP contribution is 2.32. The fourth-order valence-electron chi connectivity index (χ4n) is 1.77. The number of methoxy groups -OCH3 is 1. The molecule has 1 aromatic heterocycles. The van der Waals surface area contributed by atoms with Crippen LogP contribution in [0.1, 0.15) is 10.7 Å². The van der Waals surface area contributed by atoms with Gasteiger partial charge in [-0.15, -0.1) is 11.3 Å². The number of halogens is 1. The number of benzene rings is 1. The molecule has 2 rings (SSSR count). The number of thiazole rings is 1. The lowest BCUT2D eigenvalue weighted by molar-refractivity contribution is -0.111. The van der Waals surface area contributed by atoms with Crippen LogP contribution in [0.4, 0.5) is 5.69 Å². The Morgan fingerprint density at radius 1 is 1.43 bits per heavy atom. The van der Waals surface area contributed by atoms with Gasteiger partial charge in [-0.2, -0.15) is 0 Å². The van der Waals surface area contributed by atoms with E-state index in [1.54, 1.807) is 31.4 Å². The van der Waals surface area contributed by atoms with Crippen LogP contribution >= 0.6 is 22.9 Å². The number of nitrogens with zero attached hydrogens (tertiary/aromatic N) is 1. The van der Waals surface area contributed by atoms with Gasteiger partial charge < -0.3 is 14.8 Å². The van der Waals surface area contributed by atoms with E-state index < -0.39 is 0 Å². The highest BCUT2D eigenvalue weighted by atomic mass is 35.5. The maximum Gasteiger partial charge on any atom is 0.248 e. The maximum atomic E-state index is 12.0. The number of anilines is 1. The number of hydrogen-bond donors (Lipinski definition) is 1. The molecule has 0 aliphatic heterocycles. The van der Waals surface area contributed by atoms with Crippen molar-refractivity contribution in [1.82, 2.24) is 4.98 Å². The fourth-order valence-corrected chi connectivity index (χ4v) is 2.58. The van der Waals surface area contributed by atoms with Crippen molar-refractivity contribution in [3.63, 3.8) is 0 Å². The summed E-state index contributed by atoms with van der Waals surface area (Å²) in [6.07, 6.45) is 3.09. The number of carbonyl (C=O) groups excluding carboxylic acids is 1. The van der Waals surface area contributed by atoms with Crippen molar-refractivity contribution in [2.75, 3.05) is 25.6 Å². The van der Waals surface area contributed by atoms with Gasteiger partial charge in [-0.1, -0.05) is 17.7 Å². The van der Waals surface area contributed by atoms with Crippen molar-refractivity contribution in [2.24, 2.45) is 0 Å². The first-order valence-corrected chi connectivity index (χ1v) is 8.17. The standard InChI is InChI=1S/C16H17ClN2O3S/c1-11-18-12(10-23-11)6-7-15(20)19-14-5-3-4-13(17)16(14)22-9-8-21-2/h3-7,10H,8-9H2,1-2H3,(H,19,20)/b7-6-. The van der Waals surface area contributed by atoms with E-state index in [9.17, 15) is 4.79 Å². The quantitative estimate of drug-likeness (QED) is 0.608. The van der Waals surface area contributed by atoms with Crippen LogP contribution in [0.2, 0.25) is 5.02 Å². The lowest BCUT2D eigenvalue weighted by atomic mass is 10.3. The minimum Gasteiger partial charge on any atom is -0.487 e. The van der Waals surface area contributed by atoms with E-state index in [0.717, 1.165) is 10.7 Å². The minimum absolute atomic E-state index is 0.283. The van der Waals surface area contributed by atoms with Gasteiger partial charge in [0, 0.05) is 18.6 Å². The van der Waals surface area contributed by atoms with Gasteiger partial charge in [-0.05, 0) is 25.1 Å². The predicted octanol–water partition coefficient (Wildman–Crippen LogP) is 3.78. The molecule has 2 aromatic rings. The normalized spacial score (nSPS) is 10.9. The summed E-state index contributed by atoms with van der Waals surface area (Å²) in [6.45, 7) is 2.69. The van der Waals surface area contributed by atoms with Gasteiger partial charge in [-0.3, -0.25) is 4.79 Å². The van der Waals surface area contributed by atoms with E-state index in [0.29, 0.717) is 29.7 Å². The van der Waals surface area contributed by atoms with Gasteiger partial charge in [0.1, 0.15) is 6.61 Å². The molecular formula is C16H17ClN2O3S. The molecule has 0 atom stereocenters. The van der Waals surface area contributed by atoms with Gasteiger partial charge in [0.05, 0.1) is 28.0 Å². The van der Waals surface area contributed by atoms with E-state index in [4.69, 9.17) is 21.1 Å². The number of hydrogen-bond acceptors (Lipinski definition) is 5. The summed E-state index contributed by atoms with van der Waals surface area (Å²) in [6, 6.07) is 5.18. The molecule has 1 aromatic carbocycles. The van der Waals surface area contributed by atoms with Crippen molar-refractivity contribution < 1.29 is 14.3 Å². The molecule has 0 bridgehead atoms. The van der Waals surface area contributed by atoms with Crippen LogP contribution in [0.5, 0.6) is 5.75 Å². The van der Waals surface area contributed by atoms with Crippen LogP contribution in [0.25, 0.3) is 6.08 Å². The first-order valence-electron chi connectivity index (χ1n) is 6.91. The lowest BCUT2D eigenvalue weighted by Crippen LogP contribution is -2.11. The van der Waals surface area contributed by atoms with Crippen molar-refractivity contribution in [3.05, 3.63) is 45.4 Å². The largest absolute Gasteiger partial charge is 0.487 e. The van der Waals surface area contributed by atoms with Crippen LogP contribution in [-0.4, -0.2) is 31.2 Å². The van der Waals surface area contributed by atoms with Gasteiger partial charge >= 0.3 is 0 Å². The Morgan fingerprint density at radius 2 is 2.26 bits per heavy atom. The molecule has 1 amide bonds. The Balaban J connectivity index is 2.05. The molecule has 122 valence electrons. The molecule has 0 spiro atoms. The molecule has 1 heterocycles. The highest BCUT2D eigenvalue weighted by Gasteiger charge is 2.10. The Hall–Kier alpha value is -1.89. The molecule has 0 radical (unpaired) electrons. The zero-order chi connectivity index (χ0) is 16.7. The number of nitrogens with one attached hydrogen (secondary N) is 1. The topological polar surface area (TPSA) is 60.5 Å². The Morgan fingerprint density at radius 3 is 2.96 bits per heavy atom. The smallest absolute Gasteiger partial charge is 0.248 e. The van der Waals surface area contributed by atoms with E-state index in [1.165, 1.54) is 17.4 Å². The summed E-state index contributed by atoms with van der Waals surface area (Å²) in [4.78, 5) is 16.3. The second-order valence-corrected chi connectivity index (χ2v) is 6.04. The SMILES string of the molecule is COCCOc1c(Cl)cccc1NC(=O)/C=C\c1csc(C)n1. The van der Waals surface area contributed by atoms with E-state index in [1.807, 2.05) is 12.3 Å². The summed E-state index contributed by atoms with van der Waals surface area (Å²) < 4.78 is 10.5. The number of ether oxygens (including phenoxy) is 2. The maximum absolute atomic E-state index is 12.0. The molecular weight excluding hydrogens is 336 g/mol. The fraction of sp³-hybridized carbons (Fsp3) is 0.250. The number of para-hydroxylation sites is 1. The first kappa shape index (κ1) is 17.5. The molecule has 0 aliphatic carbocycles. The summed E-state index contributed by atoms with van der Waals surface area (Å²) in [5.74, 6) is 0.145. The molecule has 23 heavy (non-hydrogen) atoms. The van der Waals surface area contributed by atoms with E-state index in [2.05, 4.69) is 10.3 Å². The summed E-state index contributed by atoms with van der Waals surface area (Å²) in [7, 11) is 1.59. The second kappa shape index (κ2) is 8.67. The third-order valence-electron chi connectivity index (χ3n) is 2.80. The molecule has 0 aliphatic rings. The summed E-state index contributed by atoms with van der Waals surface area (Å²) >= 11 is 7.66. The Bertz CT molecular complexity index is 700. The Kier molecular flexibility index (Phi) is 6.58. The van der Waals surface area contributed by atoms with Crippen LogP contribution in [0.15, 0.2) is 29.7 Å². The van der Waals surface area contributed by atoms with Gasteiger partial charge in [0.25, 0.3) is 0 Å². The zero-order valence-corrected chi connectivity index (χ0v) is 14.4. The van der Waals surface area contributed by atoms with Crippen molar-refractivity contribution in [2.45, 2.75) is 6.92 Å². The van der Waals surface area contributed by atoms with E-state index >= 15 is 0 Å². The molecule has 1 N–H and O–H groups in total. The number of rotatable bonds is 7. The molecule has 0 fully saturated rings. The third-order valence-corrected chi connectivity index (χ3v) is 3.89. The average Bonchev–Trinajstić information content (AvgIpc) is 2.94. The number of amides is 1. The predicted molar refractivity (Wildman–Crippen MR) is 93.3 cm³/mol. The van der Waals surface area contributed by atoms with E-state index in [-0.39, 0.29) is 5.91 Å². The highest BCUT2D eigenvalue weighted by molar-refractivity contribution is 7.09.